The fraction of sp³-hybridized carbons (Fsp3) is 0.255. The highest BCUT2D eigenvalue weighted by atomic mass is 16.6. The molecule has 0 saturated heterocycles. The van der Waals surface area contributed by atoms with Gasteiger partial charge in [-0.3, -0.25) is 4.79 Å². The Hall–Kier alpha value is -6.95. The van der Waals surface area contributed by atoms with Gasteiger partial charge in [0.05, 0.1) is 6.42 Å². The molecule has 1 aliphatic carbocycles. The number of esters is 1. The Labute approximate surface area is 342 Å². The van der Waals surface area contributed by atoms with Crippen molar-refractivity contribution in [1.82, 2.24) is 16.0 Å². The molecule has 5 aromatic rings. The van der Waals surface area contributed by atoms with Crippen molar-refractivity contribution in [2.75, 3.05) is 6.61 Å². The van der Waals surface area contributed by atoms with Crippen LogP contribution in [0.5, 0.6) is 0 Å². The predicted octanol–water partition coefficient (Wildman–Crippen LogP) is 7.30. The van der Waals surface area contributed by atoms with E-state index >= 15 is 0 Å². The zero-order valence-corrected chi connectivity index (χ0v) is 33.2. The molecule has 0 bridgehead atoms. The van der Waals surface area contributed by atoms with Crippen LogP contribution in [-0.2, 0) is 34.1 Å². The minimum Gasteiger partial charge on any atom is -0.480 e. The third-order valence-corrected chi connectivity index (χ3v) is 9.97. The number of benzene rings is 5. The van der Waals surface area contributed by atoms with Gasteiger partial charge >= 0.3 is 24.1 Å². The highest BCUT2D eigenvalue weighted by Crippen LogP contribution is 2.44. The second-order valence-corrected chi connectivity index (χ2v) is 15.2. The maximum absolute atomic E-state index is 14.4. The number of fused-ring (bicyclic) bond motifs is 3. The molecule has 0 saturated carbocycles. The van der Waals surface area contributed by atoms with Crippen molar-refractivity contribution in [3.63, 3.8) is 0 Å². The van der Waals surface area contributed by atoms with Crippen molar-refractivity contribution in [2.45, 2.75) is 69.4 Å². The number of hydrogen-bond acceptors (Lipinski definition) is 8. The number of amides is 3. The number of alkyl carbamates (subject to hydrolysis) is 2. The largest absolute Gasteiger partial charge is 0.480 e. The lowest BCUT2D eigenvalue weighted by Gasteiger charge is -2.37. The summed E-state index contributed by atoms with van der Waals surface area (Å²) in [4.78, 5) is 66.9. The van der Waals surface area contributed by atoms with Gasteiger partial charge in [0.25, 0.3) is 0 Å². The summed E-state index contributed by atoms with van der Waals surface area (Å²) >= 11 is 0. The maximum Gasteiger partial charge on any atom is 0.408 e. The Morgan fingerprint density at radius 1 is 0.644 bits per heavy atom. The van der Waals surface area contributed by atoms with E-state index in [0.717, 1.165) is 38.9 Å². The van der Waals surface area contributed by atoms with Gasteiger partial charge in [-0.05, 0) is 66.6 Å². The minimum absolute atomic E-state index is 0.0791. The molecule has 59 heavy (non-hydrogen) atoms. The fourth-order valence-corrected chi connectivity index (χ4v) is 7.35. The lowest BCUT2D eigenvalue weighted by molar-refractivity contribution is -0.157. The Kier molecular flexibility index (Phi) is 12.8. The molecule has 12 nitrogen and oxygen atoms in total. The van der Waals surface area contributed by atoms with Crippen LogP contribution in [0.15, 0.2) is 140 Å². The monoisotopic (exact) mass is 797 g/mol. The van der Waals surface area contributed by atoms with Gasteiger partial charge in [-0.2, -0.15) is 0 Å². The number of carbonyl (C=O) groups is 5. The van der Waals surface area contributed by atoms with Gasteiger partial charge in [0.2, 0.25) is 5.91 Å². The number of carboxylic acid groups (broad SMARTS) is 1. The molecule has 0 aromatic heterocycles. The Balaban J connectivity index is 1.28. The van der Waals surface area contributed by atoms with Crippen molar-refractivity contribution < 1.29 is 43.3 Å². The maximum atomic E-state index is 14.4. The van der Waals surface area contributed by atoms with Gasteiger partial charge in [0.15, 0.2) is 6.04 Å². The van der Waals surface area contributed by atoms with E-state index in [-0.39, 0.29) is 12.5 Å². The SMILES string of the molecule is C[C@@H](OC(=O)[C@H](CC(=O)NC(c1ccccc1)(c1ccccc1)c1ccccc1)NC(=O)OCC1c2ccccc2-c2ccccc21)[C@H](NC(=O)OC(C)(C)C)C(=O)O. The molecule has 0 heterocycles. The van der Waals surface area contributed by atoms with Crippen molar-refractivity contribution in [2.24, 2.45) is 0 Å². The summed E-state index contributed by atoms with van der Waals surface area (Å²) in [6.45, 7) is 6.02. The second kappa shape index (κ2) is 18.1. The molecular weight excluding hydrogens is 751 g/mol. The lowest BCUT2D eigenvalue weighted by atomic mass is 9.77. The van der Waals surface area contributed by atoms with Crippen LogP contribution in [0.2, 0.25) is 0 Å². The average molecular weight is 798 g/mol. The van der Waals surface area contributed by atoms with Crippen LogP contribution in [0, 0.1) is 0 Å². The molecule has 0 radical (unpaired) electrons. The van der Waals surface area contributed by atoms with E-state index in [1.807, 2.05) is 140 Å². The van der Waals surface area contributed by atoms with Crippen molar-refractivity contribution in [3.8, 4) is 11.1 Å². The molecular formula is C47H47N3O9. The van der Waals surface area contributed by atoms with Gasteiger partial charge in [0, 0.05) is 5.92 Å². The Morgan fingerprint density at radius 2 is 1.10 bits per heavy atom. The van der Waals surface area contributed by atoms with Crippen molar-refractivity contribution >= 4 is 30.0 Å². The number of nitrogens with one attached hydrogen (secondary N) is 3. The summed E-state index contributed by atoms with van der Waals surface area (Å²) in [5, 5.41) is 17.9. The summed E-state index contributed by atoms with van der Waals surface area (Å²) in [6.07, 6.45) is -4.16. The molecule has 0 spiro atoms. The number of ether oxygens (including phenoxy) is 3. The number of hydrogen-bond donors (Lipinski definition) is 4. The molecule has 1 aliphatic rings. The highest BCUT2D eigenvalue weighted by Gasteiger charge is 2.40. The average Bonchev–Trinajstić information content (AvgIpc) is 3.54. The van der Waals surface area contributed by atoms with Crippen LogP contribution in [-0.4, -0.2) is 65.5 Å². The molecule has 0 unspecified atom stereocenters. The quantitative estimate of drug-likeness (QED) is 0.0512. The zero-order chi connectivity index (χ0) is 42.2. The summed E-state index contributed by atoms with van der Waals surface area (Å²) in [6, 6.07) is 40.2. The van der Waals surface area contributed by atoms with E-state index in [2.05, 4.69) is 16.0 Å². The van der Waals surface area contributed by atoms with E-state index in [4.69, 9.17) is 14.2 Å². The standard InChI is InChI=1S/C47H47N3O9/c1-30(41(42(52)53)49-45(56)59-46(2,3)4)58-43(54)39(48-44(55)57-29-38-36-26-16-14-24-34(36)35-25-15-17-27-37(35)38)28-40(51)50-47(31-18-8-5-9-19-31,32-20-10-6-11-21-32)33-22-12-7-13-23-33/h5-27,30,38-39,41H,28-29H2,1-4H3,(H,48,55)(H,49,56)(H,50,51)(H,52,53)/t30-,39+,41+/m1/s1. The molecule has 3 amide bonds. The highest BCUT2D eigenvalue weighted by molar-refractivity contribution is 5.90. The molecule has 0 fully saturated rings. The molecule has 6 rings (SSSR count). The number of carboxylic acids is 1. The molecule has 0 aliphatic heterocycles. The van der Waals surface area contributed by atoms with Gasteiger partial charge in [-0.1, -0.05) is 140 Å². The first kappa shape index (κ1) is 41.7. The van der Waals surface area contributed by atoms with E-state index < -0.39 is 65.8 Å². The van der Waals surface area contributed by atoms with E-state index in [9.17, 15) is 29.1 Å². The van der Waals surface area contributed by atoms with E-state index in [1.54, 1.807) is 20.8 Å². The summed E-state index contributed by atoms with van der Waals surface area (Å²) in [5.41, 5.74) is 3.97. The molecule has 4 N–H and O–H groups in total. The van der Waals surface area contributed by atoms with E-state index in [0.29, 0.717) is 0 Å². The van der Waals surface area contributed by atoms with Crippen molar-refractivity contribution in [3.05, 3.63) is 167 Å². The minimum atomic E-state index is -1.74. The van der Waals surface area contributed by atoms with Crippen LogP contribution in [0.4, 0.5) is 9.59 Å². The molecule has 5 aromatic carbocycles. The van der Waals surface area contributed by atoms with Crippen LogP contribution in [0.3, 0.4) is 0 Å². The summed E-state index contributed by atoms with van der Waals surface area (Å²) in [5.74, 6) is -3.59. The predicted molar refractivity (Wildman–Crippen MR) is 220 cm³/mol. The lowest BCUT2D eigenvalue weighted by Crippen LogP contribution is -2.54. The van der Waals surface area contributed by atoms with Crippen LogP contribution in [0.25, 0.3) is 11.1 Å². The van der Waals surface area contributed by atoms with Crippen LogP contribution in [0.1, 0.15) is 67.9 Å². The van der Waals surface area contributed by atoms with Crippen LogP contribution < -0.4 is 16.0 Å². The Morgan fingerprint density at radius 3 is 1.56 bits per heavy atom. The number of carbonyl (C=O) groups excluding carboxylic acids is 4. The summed E-state index contributed by atoms with van der Waals surface area (Å²) in [7, 11) is 0. The van der Waals surface area contributed by atoms with Gasteiger partial charge in [-0.25, -0.2) is 19.2 Å². The first-order valence-corrected chi connectivity index (χ1v) is 19.3. The van der Waals surface area contributed by atoms with Gasteiger partial charge in [-0.15, -0.1) is 0 Å². The normalized spacial score (nSPS) is 13.7. The fourth-order valence-electron chi connectivity index (χ4n) is 7.35. The molecule has 304 valence electrons. The van der Waals surface area contributed by atoms with E-state index in [1.165, 1.54) is 6.92 Å². The third kappa shape index (κ3) is 9.78. The Bertz CT molecular complexity index is 2130. The van der Waals surface area contributed by atoms with Gasteiger partial charge in [0.1, 0.15) is 29.9 Å². The first-order chi connectivity index (χ1) is 28.3. The van der Waals surface area contributed by atoms with Gasteiger partial charge < -0.3 is 35.3 Å². The zero-order valence-electron chi connectivity index (χ0n) is 33.2. The number of rotatable bonds is 14. The molecule has 12 heteroatoms. The number of aliphatic carboxylic acids is 1. The summed E-state index contributed by atoms with van der Waals surface area (Å²) < 4.78 is 16.5. The molecule has 3 atom stereocenters. The second-order valence-electron chi connectivity index (χ2n) is 15.2. The smallest absolute Gasteiger partial charge is 0.408 e. The van der Waals surface area contributed by atoms with Crippen LogP contribution >= 0.6 is 0 Å². The first-order valence-electron chi connectivity index (χ1n) is 19.3. The van der Waals surface area contributed by atoms with Crippen molar-refractivity contribution in [1.29, 1.82) is 0 Å². The third-order valence-electron chi connectivity index (χ3n) is 9.97. The topological polar surface area (TPSA) is 169 Å².